The minimum Gasteiger partial charge on any atom is -0.437 e. The number of hydrogen-bond donors (Lipinski definition) is 3. The van der Waals surface area contributed by atoms with Gasteiger partial charge in [0.05, 0.1) is 5.69 Å². The van der Waals surface area contributed by atoms with E-state index in [-0.39, 0.29) is 12.2 Å². The SMILES string of the molecule is CB(O)NCc1cccc(N/N=C(\OS(=O)(=O)c2ccccc2)C(F)(F)F)c1. The number of hydrazone groups is 1. The zero-order chi connectivity index (χ0) is 20.8. The van der Waals surface area contributed by atoms with Gasteiger partial charge >= 0.3 is 29.2 Å². The summed E-state index contributed by atoms with van der Waals surface area (Å²) in [5.41, 5.74) is 2.97. The lowest BCUT2D eigenvalue weighted by Crippen LogP contribution is -2.30. The molecule has 0 bridgehead atoms. The van der Waals surface area contributed by atoms with Gasteiger partial charge in [0.25, 0.3) is 0 Å². The molecule has 0 unspecified atom stereocenters. The van der Waals surface area contributed by atoms with Crippen LogP contribution >= 0.6 is 0 Å². The number of rotatable bonds is 7. The predicted octanol–water partition coefficient (Wildman–Crippen LogP) is 2.58. The average molecular weight is 415 g/mol. The Labute approximate surface area is 160 Å². The first-order valence-corrected chi connectivity index (χ1v) is 9.39. The zero-order valence-corrected chi connectivity index (χ0v) is 15.5. The van der Waals surface area contributed by atoms with Gasteiger partial charge in [0.15, 0.2) is 0 Å². The van der Waals surface area contributed by atoms with Crippen LogP contribution in [0.25, 0.3) is 0 Å². The molecular weight excluding hydrogens is 398 g/mol. The number of nitrogens with one attached hydrogen (secondary N) is 2. The fourth-order valence-corrected chi connectivity index (χ4v) is 2.93. The van der Waals surface area contributed by atoms with E-state index in [9.17, 15) is 26.6 Å². The van der Waals surface area contributed by atoms with Crippen molar-refractivity contribution in [2.24, 2.45) is 5.10 Å². The van der Waals surface area contributed by atoms with Crippen LogP contribution in [0.2, 0.25) is 6.82 Å². The minimum atomic E-state index is -5.14. The van der Waals surface area contributed by atoms with Gasteiger partial charge in [-0.25, -0.2) is 0 Å². The van der Waals surface area contributed by atoms with Crippen molar-refractivity contribution in [2.45, 2.75) is 24.4 Å². The Morgan fingerprint density at radius 1 is 1.18 bits per heavy atom. The van der Waals surface area contributed by atoms with E-state index < -0.39 is 34.1 Å². The van der Waals surface area contributed by atoms with Gasteiger partial charge in [0.2, 0.25) is 0 Å². The van der Waals surface area contributed by atoms with E-state index in [1.165, 1.54) is 37.2 Å². The van der Waals surface area contributed by atoms with Crippen LogP contribution in [0.3, 0.4) is 0 Å². The number of benzene rings is 2. The van der Waals surface area contributed by atoms with Crippen molar-refractivity contribution < 1.29 is 30.8 Å². The Hall–Kier alpha value is -2.57. The maximum Gasteiger partial charge on any atom is 0.471 e. The smallest absolute Gasteiger partial charge is 0.437 e. The topological polar surface area (TPSA) is 100 Å². The van der Waals surface area contributed by atoms with Crippen LogP contribution in [-0.2, 0) is 20.8 Å². The molecule has 150 valence electrons. The van der Waals surface area contributed by atoms with Crippen molar-refractivity contribution >= 4 is 28.8 Å². The Kier molecular flexibility index (Phi) is 7.05. The normalized spacial score (nSPS) is 12.5. The molecule has 2 rings (SSSR count). The van der Waals surface area contributed by atoms with Gasteiger partial charge in [-0.05, 0) is 36.7 Å². The summed E-state index contributed by atoms with van der Waals surface area (Å²) in [5, 5.41) is 15.0. The van der Waals surface area contributed by atoms with E-state index >= 15 is 0 Å². The van der Waals surface area contributed by atoms with Crippen molar-refractivity contribution in [3.63, 3.8) is 0 Å². The van der Waals surface area contributed by atoms with Gasteiger partial charge in [0.1, 0.15) is 4.90 Å². The highest BCUT2D eigenvalue weighted by Gasteiger charge is 2.42. The zero-order valence-electron chi connectivity index (χ0n) is 14.6. The molecule has 7 nitrogen and oxygen atoms in total. The first-order chi connectivity index (χ1) is 13.1. The Bertz CT molecular complexity index is 922. The Morgan fingerprint density at radius 3 is 2.46 bits per heavy atom. The summed E-state index contributed by atoms with van der Waals surface area (Å²) in [4.78, 5) is -0.432. The summed E-state index contributed by atoms with van der Waals surface area (Å²) in [6.45, 7) is 1.79. The summed E-state index contributed by atoms with van der Waals surface area (Å²) in [5.74, 6) is -1.95. The molecule has 0 atom stereocenters. The molecule has 0 aliphatic heterocycles. The third-order valence-electron chi connectivity index (χ3n) is 3.28. The number of alkyl halides is 3. The Morgan fingerprint density at radius 2 is 1.86 bits per heavy atom. The second kappa shape index (κ2) is 9.08. The lowest BCUT2D eigenvalue weighted by molar-refractivity contribution is -0.0707. The van der Waals surface area contributed by atoms with Crippen LogP contribution in [0.5, 0.6) is 0 Å². The second-order valence-corrected chi connectivity index (χ2v) is 7.18. The highest BCUT2D eigenvalue weighted by Crippen LogP contribution is 2.23. The van der Waals surface area contributed by atoms with E-state index in [4.69, 9.17) is 0 Å². The van der Waals surface area contributed by atoms with Crippen LogP contribution in [0.4, 0.5) is 18.9 Å². The molecule has 0 saturated heterocycles. The largest absolute Gasteiger partial charge is 0.471 e. The standard InChI is InChI=1S/C16H17BF3N3O4S/c1-17(24)21-11-12-6-5-7-13(10-12)22-23-15(16(18,19)20)27-28(25,26)14-8-3-2-4-9-14/h2-10,21-22,24H,11H2,1H3/b23-15-. The molecule has 3 N–H and O–H groups in total. The third kappa shape index (κ3) is 6.55. The van der Waals surface area contributed by atoms with Crippen LogP contribution in [0.15, 0.2) is 64.6 Å². The van der Waals surface area contributed by atoms with E-state index in [0.717, 1.165) is 12.1 Å². The molecule has 12 heteroatoms. The van der Waals surface area contributed by atoms with Crippen LogP contribution < -0.4 is 10.7 Å². The quantitative estimate of drug-likeness (QED) is 0.211. The molecule has 2 aromatic carbocycles. The lowest BCUT2D eigenvalue weighted by Gasteiger charge is -2.12. The van der Waals surface area contributed by atoms with Crippen molar-refractivity contribution in [2.75, 3.05) is 5.43 Å². The highest BCUT2D eigenvalue weighted by atomic mass is 32.2. The third-order valence-corrected chi connectivity index (χ3v) is 4.50. The van der Waals surface area contributed by atoms with Crippen molar-refractivity contribution in [3.05, 3.63) is 60.2 Å². The van der Waals surface area contributed by atoms with Gasteiger partial charge in [0, 0.05) is 6.54 Å². The molecule has 0 heterocycles. The molecule has 2 aromatic rings. The molecule has 0 radical (unpaired) electrons. The van der Waals surface area contributed by atoms with E-state index in [1.807, 2.05) is 0 Å². The molecule has 0 aromatic heterocycles. The van der Waals surface area contributed by atoms with Crippen molar-refractivity contribution in [1.29, 1.82) is 0 Å². The Balaban J connectivity index is 2.20. The molecule has 0 fully saturated rings. The average Bonchev–Trinajstić information content (AvgIpc) is 2.63. The van der Waals surface area contributed by atoms with Gasteiger partial charge < -0.3 is 14.4 Å². The number of nitrogens with zero attached hydrogens (tertiary/aromatic N) is 1. The van der Waals surface area contributed by atoms with Crippen LogP contribution in [0, 0.1) is 0 Å². The first kappa shape index (κ1) is 21.7. The van der Waals surface area contributed by atoms with Gasteiger partial charge in [-0.3, -0.25) is 5.43 Å². The predicted molar refractivity (Wildman–Crippen MR) is 98.9 cm³/mol. The molecule has 0 aliphatic rings. The summed E-state index contributed by atoms with van der Waals surface area (Å²) in [7, 11) is -5.46. The lowest BCUT2D eigenvalue weighted by atomic mass is 9.88. The maximum atomic E-state index is 13.2. The van der Waals surface area contributed by atoms with E-state index in [1.54, 1.807) is 12.1 Å². The summed E-state index contributed by atoms with van der Waals surface area (Å²) in [6, 6.07) is 12.6. The number of hydrogen-bond acceptors (Lipinski definition) is 7. The van der Waals surface area contributed by atoms with Gasteiger partial charge in [-0.2, -0.15) is 21.6 Å². The minimum absolute atomic E-state index is 0.173. The molecular formula is C16H17BF3N3O4S. The summed E-state index contributed by atoms with van der Waals surface area (Å²) < 4.78 is 67.8. The second-order valence-electron chi connectivity index (χ2n) is 5.63. The van der Waals surface area contributed by atoms with Gasteiger partial charge in [-0.1, -0.05) is 30.3 Å². The molecule has 0 amide bonds. The van der Waals surface area contributed by atoms with E-state index in [0.29, 0.717) is 5.56 Å². The maximum absolute atomic E-state index is 13.2. The van der Waals surface area contributed by atoms with Crippen molar-refractivity contribution in [3.8, 4) is 0 Å². The van der Waals surface area contributed by atoms with Gasteiger partial charge in [-0.15, -0.1) is 5.10 Å². The first-order valence-electron chi connectivity index (χ1n) is 7.99. The molecule has 28 heavy (non-hydrogen) atoms. The molecule has 0 saturated carbocycles. The molecule has 0 spiro atoms. The summed E-state index contributed by atoms with van der Waals surface area (Å²) in [6.07, 6.45) is -5.14. The fraction of sp³-hybridized carbons (Fsp3) is 0.188. The summed E-state index contributed by atoms with van der Waals surface area (Å²) >= 11 is 0. The fourth-order valence-electron chi connectivity index (χ4n) is 2.00. The van der Waals surface area contributed by atoms with E-state index in [2.05, 4.69) is 19.9 Å². The highest BCUT2D eigenvalue weighted by molar-refractivity contribution is 7.87. The number of halogens is 3. The van der Waals surface area contributed by atoms with Crippen molar-refractivity contribution in [1.82, 2.24) is 5.23 Å². The van der Waals surface area contributed by atoms with Crippen LogP contribution in [-0.4, -0.2) is 32.6 Å². The monoisotopic (exact) mass is 415 g/mol. The number of anilines is 1. The molecule has 0 aliphatic carbocycles. The van der Waals surface area contributed by atoms with Crippen LogP contribution in [0.1, 0.15) is 5.56 Å².